The van der Waals surface area contributed by atoms with Gasteiger partial charge in [0.1, 0.15) is 0 Å². The van der Waals surface area contributed by atoms with Crippen LogP contribution in [0.3, 0.4) is 0 Å². The van der Waals surface area contributed by atoms with Crippen molar-refractivity contribution in [3.63, 3.8) is 0 Å². The molecule has 9 heavy (non-hydrogen) atoms. The van der Waals surface area contributed by atoms with Crippen molar-refractivity contribution in [3.05, 3.63) is 11.5 Å². The Morgan fingerprint density at radius 2 is 2.11 bits per heavy atom. The van der Waals surface area contributed by atoms with E-state index in [-0.39, 0.29) is 0 Å². The maximum atomic E-state index is 2.40. The molecule has 1 aliphatic heterocycles. The Kier molecular flexibility index (Phi) is 1.54. The molecule has 2 atom stereocenters. The predicted molar refractivity (Wildman–Crippen MR) is 42.5 cm³/mol. The van der Waals surface area contributed by atoms with Crippen LogP contribution in [0, 0.1) is 5.92 Å². The Bertz CT molecular complexity index is 129. The first-order valence-electron chi connectivity index (χ1n) is 3.79. The van der Waals surface area contributed by atoms with Gasteiger partial charge in [0, 0.05) is 5.25 Å². The molecule has 0 aromatic heterocycles. The second-order valence-electron chi connectivity index (χ2n) is 2.95. The van der Waals surface area contributed by atoms with E-state index in [0.29, 0.717) is 0 Å². The van der Waals surface area contributed by atoms with E-state index in [0.717, 1.165) is 11.2 Å². The third kappa shape index (κ3) is 1.03. The molecule has 2 rings (SSSR count). The zero-order valence-corrected chi connectivity index (χ0v) is 6.36. The molecule has 0 N–H and O–H groups in total. The van der Waals surface area contributed by atoms with Crippen LogP contribution in [0.4, 0.5) is 0 Å². The summed E-state index contributed by atoms with van der Waals surface area (Å²) in [5, 5.41) is 3.26. The summed E-state index contributed by atoms with van der Waals surface area (Å²) in [5.41, 5.74) is 0. The first-order valence-corrected chi connectivity index (χ1v) is 4.73. The minimum atomic E-state index is 0.948. The van der Waals surface area contributed by atoms with Crippen molar-refractivity contribution in [1.29, 1.82) is 0 Å². The molecular weight excluding hydrogens is 128 g/mol. The molecule has 0 amide bonds. The second-order valence-corrected chi connectivity index (χ2v) is 4.10. The van der Waals surface area contributed by atoms with Crippen molar-refractivity contribution in [2.45, 2.75) is 30.9 Å². The monoisotopic (exact) mass is 140 g/mol. The molecule has 0 spiro atoms. The van der Waals surface area contributed by atoms with Crippen LogP contribution in [0.1, 0.15) is 25.7 Å². The van der Waals surface area contributed by atoms with E-state index in [1.54, 1.807) is 0 Å². The van der Waals surface area contributed by atoms with Crippen LogP contribution < -0.4 is 0 Å². The predicted octanol–water partition coefficient (Wildman–Crippen LogP) is 2.81. The summed E-state index contributed by atoms with van der Waals surface area (Å²) in [4.78, 5) is 0. The highest BCUT2D eigenvalue weighted by atomic mass is 32.2. The lowest BCUT2D eigenvalue weighted by molar-refractivity contribution is 0.437. The van der Waals surface area contributed by atoms with Gasteiger partial charge in [-0.15, -0.1) is 11.8 Å². The summed E-state index contributed by atoms with van der Waals surface area (Å²) in [7, 11) is 0. The van der Waals surface area contributed by atoms with Gasteiger partial charge in [0.15, 0.2) is 0 Å². The van der Waals surface area contributed by atoms with Crippen LogP contribution in [0.2, 0.25) is 0 Å². The normalized spacial score (nSPS) is 40.9. The molecule has 0 bridgehead atoms. The summed E-state index contributed by atoms with van der Waals surface area (Å²) in [6.45, 7) is 0. The summed E-state index contributed by atoms with van der Waals surface area (Å²) in [6.07, 6.45) is 8.24. The van der Waals surface area contributed by atoms with Crippen LogP contribution in [-0.2, 0) is 0 Å². The molecule has 50 valence electrons. The molecule has 2 unspecified atom stereocenters. The van der Waals surface area contributed by atoms with E-state index in [4.69, 9.17) is 0 Å². The highest BCUT2D eigenvalue weighted by Crippen LogP contribution is 2.39. The summed E-state index contributed by atoms with van der Waals surface area (Å²) >= 11 is 2.05. The van der Waals surface area contributed by atoms with Crippen molar-refractivity contribution < 1.29 is 0 Å². The molecule has 0 saturated heterocycles. The van der Waals surface area contributed by atoms with Crippen molar-refractivity contribution in [1.82, 2.24) is 0 Å². The number of hydrogen-bond acceptors (Lipinski definition) is 1. The van der Waals surface area contributed by atoms with Crippen molar-refractivity contribution in [2.24, 2.45) is 5.92 Å². The van der Waals surface area contributed by atoms with Gasteiger partial charge < -0.3 is 0 Å². The van der Waals surface area contributed by atoms with E-state index in [2.05, 4.69) is 11.5 Å². The summed E-state index contributed by atoms with van der Waals surface area (Å²) < 4.78 is 0. The Morgan fingerprint density at radius 3 is 3.00 bits per heavy atom. The van der Waals surface area contributed by atoms with E-state index >= 15 is 0 Å². The van der Waals surface area contributed by atoms with Gasteiger partial charge in [0.2, 0.25) is 0 Å². The minimum absolute atomic E-state index is 0.948. The molecule has 1 heteroatoms. The minimum Gasteiger partial charge on any atom is -0.130 e. The van der Waals surface area contributed by atoms with Crippen LogP contribution in [-0.4, -0.2) is 5.25 Å². The largest absolute Gasteiger partial charge is 0.130 e. The Labute approximate surface area is 60.7 Å². The third-order valence-electron chi connectivity index (χ3n) is 2.33. The topological polar surface area (TPSA) is 0 Å². The number of rotatable bonds is 0. The second kappa shape index (κ2) is 2.37. The molecule has 1 saturated carbocycles. The Morgan fingerprint density at radius 1 is 1.22 bits per heavy atom. The first-order chi connectivity index (χ1) is 4.47. The zero-order chi connectivity index (χ0) is 6.10. The number of fused-ring (bicyclic) bond motifs is 1. The van der Waals surface area contributed by atoms with Crippen molar-refractivity contribution in [2.75, 3.05) is 0 Å². The quantitative estimate of drug-likeness (QED) is 0.498. The standard InChI is InChI=1S/C8H12S/c1-2-4-8-7(3-1)5-6-9-8/h5-8H,1-4H2. The Hall–Kier alpha value is 0.0900. The number of thioether (sulfide) groups is 1. The molecule has 0 aromatic carbocycles. The van der Waals surface area contributed by atoms with Crippen molar-refractivity contribution >= 4 is 11.8 Å². The molecular formula is C8H12S. The Balaban J connectivity index is 2.03. The lowest BCUT2D eigenvalue weighted by Crippen LogP contribution is -2.15. The average Bonchev–Trinajstić information content (AvgIpc) is 2.33. The molecule has 0 nitrogen and oxygen atoms in total. The van der Waals surface area contributed by atoms with Crippen LogP contribution >= 0.6 is 11.8 Å². The molecule has 1 heterocycles. The van der Waals surface area contributed by atoms with E-state index < -0.39 is 0 Å². The van der Waals surface area contributed by atoms with Crippen LogP contribution in [0.15, 0.2) is 11.5 Å². The van der Waals surface area contributed by atoms with E-state index in [1.807, 2.05) is 11.8 Å². The highest BCUT2D eigenvalue weighted by molar-refractivity contribution is 8.03. The van der Waals surface area contributed by atoms with Gasteiger partial charge in [0.05, 0.1) is 0 Å². The number of allylic oxidation sites excluding steroid dienone is 1. The molecule has 0 aromatic rings. The third-order valence-corrected chi connectivity index (χ3v) is 3.58. The van der Waals surface area contributed by atoms with Gasteiger partial charge in [-0.1, -0.05) is 18.9 Å². The van der Waals surface area contributed by atoms with Crippen LogP contribution in [0.5, 0.6) is 0 Å². The van der Waals surface area contributed by atoms with Gasteiger partial charge in [-0.2, -0.15) is 0 Å². The highest BCUT2D eigenvalue weighted by Gasteiger charge is 2.25. The van der Waals surface area contributed by atoms with Gasteiger partial charge in [0.25, 0.3) is 0 Å². The van der Waals surface area contributed by atoms with Crippen LogP contribution in [0.25, 0.3) is 0 Å². The molecule has 0 radical (unpaired) electrons. The maximum Gasteiger partial charge on any atom is 0.0151 e. The molecule has 1 fully saturated rings. The zero-order valence-electron chi connectivity index (χ0n) is 5.55. The molecule has 2 aliphatic rings. The lowest BCUT2D eigenvalue weighted by atomic mass is 9.89. The van der Waals surface area contributed by atoms with E-state index in [1.165, 1.54) is 25.7 Å². The fourth-order valence-electron chi connectivity index (χ4n) is 1.76. The van der Waals surface area contributed by atoms with E-state index in [9.17, 15) is 0 Å². The smallest absolute Gasteiger partial charge is 0.0151 e. The van der Waals surface area contributed by atoms with Gasteiger partial charge in [-0.05, 0) is 24.2 Å². The van der Waals surface area contributed by atoms with Gasteiger partial charge >= 0.3 is 0 Å². The fourth-order valence-corrected chi connectivity index (χ4v) is 2.99. The molecule has 1 aliphatic carbocycles. The summed E-state index contributed by atoms with van der Waals surface area (Å²) in [6, 6.07) is 0. The van der Waals surface area contributed by atoms with Crippen molar-refractivity contribution in [3.8, 4) is 0 Å². The lowest BCUT2D eigenvalue weighted by Gasteiger charge is -2.23. The maximum absolute atomic E-state index is 2.40. The average molecular weight is 140 g/mol. The fraction of sp³-hybridized carbons (Fsp3) is 0.750. The number of hydrogen-bond donors (Lipinski definition) is 0. The summed E-state index contributed by atoms with van der Waals surface area (Å²) in [5.74, 6) is 0.948. The SMILES string of the molecule is C1=CC2CCCCC2S1. The van der Waals surface area contributed by atoms with Gasteiger partial charge in [-0.3, -0.25) is 0 Å². The van der Waals surface area contributed by atoms with Gasteiger partial charge in [-0.25, -0.2) is 0 Å². The first kappa shape index (κ1) is 5.84.